The van der Waals surface area contributed by atoms with Gasteiger partial charge >= 0.3 is 6.18 Å². The highest BCUT2D eigenvalue weighted by molar-refractivity contribution is 4.85. The Balaban J connectivity index is 2.04. The van der Waals surface area contributed by atoms with Crippen LogP contribution in [0.4, 0.5) is 13.2 Å². The molecular weight excluding hydrogens is 241 g/mol. The van der Waals surface area contributed by atoms with Gasteiger partial charge in [0.2, 0.25) is 0 Å². The smallest absolute Gasteiger partial charge is 0.315 e. The van der Waals surface area contributed by atoms with Crippen LogP contribution < -0.4 is 5.32 Å². The number of nitrogens with zero attached hydrogens (tertiary/aromatic N) is 1. The maximum atomic E-state index is 12.3. The molecule has 0 bridgehead atoms. The van der Waals surface area contributed by atoms with Crippen molar-refractivity contribution < 1.29 is 13.2 Å². The maximum Gasteiger partial charge on any atom is 0.401 e. The average molecular weight is 266 g/mol. The molecule has 0 radical (unpaired) electrons. The molecule has 0 unspecified atom stereocenters. The summed E-state index contributed by atoms with van der Waals surface area (Å²) in [5, 5.41) is 3.23. The highest BCUT2D eigenvalue weighted by Crippen LogP contribution is 2.29. The summed E-state index contributed by atoms with van der Waals surface area (Å²) in [4.78, 5) is 1.57. The molecule has 0 aromatic heterocycles. The third kappa shape index (κ3) is 7.93. The normalized spacial score (nSPS) is 16.5. The Bertz CT molecular complexity index is 215. The molecule has 1 rings (SSSR count). The average Bonchev–Trinajstić information content (AvgIpc) is 3.08. The van der Waals surface area contributed by atoms with Gasteiger partial charge in [-0.25, -0.2) is 0 Å². The number of halogens is 3. The zero-order valence-electron chi connectivity index (χ0n) is 11.2. The summed E-state index contributed by atoms with van der Waals surface area (Å²) in [6.07, 6.45) is 2.56. The van der Waals surface area contributed by atoms with Crippen molar-refractivity contribution in [3.63, 3.8) is 0 Å². The predicted octanol–water partition coefficient (Wildman–Crippen LogP) is 3.18. The van der Waals surface area contributed by atoms with E-state index in [1.165, 1.54) is 19.3 Å². The van der Waals surface area contributed by atoms with Crippen LogP contribution in [0.1, 0.15) is 45.4 Å². The molecule has 0 heterocycles. The summed E-state index contributed by atoms with van der Waals surface area (Å²) in [6.45, 7) is 3.51. The maximum absolute atomic E-state index is 12.3. The summed E-state index contributed by atoms with van der Waals surface area (Å²) >= 11 is 0. The van der Waals surface area contributed by atoms with Crippen LogP contribution in [0.25, 0.3) is 0 Å². The van der Waals surface area contributed by atoms with Crippen LogP contribution in [0.15, 0.2) is 0 Å². The molecule has 1 saturated carbocycles. The second-order valence-corrected chi connectivity index (χ2v) is 5.13. The molecule has 1 fully saturated rings. The molecule has 5 heteroatoms. The largest absolute Gasteiger partial charge is 0.401 e. The van der Waals surface area contributed by atoms with E-state index in [1.807, 2.05) is 0 Å². The van der Waals surface area contributed by atoms with Gasteiger partial charge in [0, 0.05) is 19.1 Å². The Morgan fingerprint density at radius 2 is 1.83 bits per heavy atom. The van der Waals surface area contributed by atoms with Gasteiger partial charge < -0.3 is 5.32 Å². The van der Waals surface area contributed by atoms with E-state index < -0.39 is 12.7 Å². The van der Waals surface area contributed by atoms with Gasteiger partial charge in [0.15, 0.2) is 0 Å². The lowest BCUT2D eigenvalue weighted by molar-refractivity contribution is -0.147. The Morgan fingerprint density at radius 3 is 2.39 bits per heavy atom. The van der Waals surface area contributed by atoms with Gasteiger partial charge in [0.05, 0.1) is 6.54 Å². The van der Waals surface area contributed by atoms with Crippen molar-refractivity contribution >= 4 is 0 Å². The molecular formula is C13H25F3N2. The number of unbranched alkanes of at least 4 members (excludes halogenated alkanes) is 3. The van der Waals surface area contributed by atoms with Gasteiger partial charge in [-0.2, -0.15) is 13.2 Å². The first-order valence-corrected chi connectivity index (χ1v) is 7.04. The van der Waals surface area contributed by atoms with Gasteiger partial charge in [-0.05, 0) is 25.8 Å². The summed E-state index contributed by atoms with van der Waals surface area (Å²) in [5.74, 6) is 0. The molecule has 0 aliphatic heterocycles. The van der Waals surface area contributed by atoms with E-state index >= 15 is 0 Å². The second kappa shape index (κ2) is 8.00. The van der Waals surface area contributed by atoms with Crippen molar-refractivity contribution in [2.75, 3.05) is 26.2 Å². The molecule has 108 valence electrons. The minimum absolute atomic E-state index is 0.175. The Morgan fingerprint density at radius 1 is 1.11 bits per heavy atom. The third-order valence-electron chi connectivity index (χ3n) is 3.23. The third-order valence-corrected chi connectivity index (χ3v) is 3.23. The lowest BCUT2D eigenvalue weighted by atomic mass is 10.2. The van der Waals surface area contributed by atoms with Crippen LogP contribution in [-0.4, -0.2) is 43.3 Å². The Hall–Kier alpha value is -0.290. The first kappa shape index (κ1) is 15.8. The summed E-state index contributed by atoms with van der Waals surface area (Å²) in [6, 6.07) is 0.175. The van der Waals surface area contributed by atoms with Crippen molar-refractivity contribution in [3.8, 4) is 0 Å². The lowest BCUT2D eigenvalue weighted by Crippen LogP contribution is -2.40. The zero-order valence-corrected chi connectivity index (χ0v) is 11.2. The summed E-state index contributed by atoms with van der Waals surface area (Å²) in [5.41, 5.74) is 0. The fourth-order valence-electron chi connectivity index (χ4n) is 2.09. The number of hydrogen-bond donors (Lipinski definition) is 1. The molecule has 1 aliphatic rings. The van der Waals surface area contributed by atoms with E-state index in [2.05, 4.69) is 12.2 Å². The standard InChI is InChI=1S/C13H25F3N2/c1-2-3-4-5-8-17-9-10-18(12-6-7-12)11-13(14,15)16/h12,17H,2-11H2,1H3. The van der Waals surface area contributed by atoms with Crippen LogP contribution in [0.2, 0.25) is 0 Å². The number of hydrogen-bond acceptors (Lipinski definition) is 2. The van der Waals surface area contributed by atoms with Gasteiger partial charge in [0.1, 0.15) is 0 Å². The Kier molecular flexibility index (Phi) is 7.00. The topological polar surface area (TPSA) is 15.3 Å². The highest BCUT2D eigenvalue weighted by Gasteiger charge is 2.37. The number of rotatable bonds is 10. The van der Waals surface area contributed by atoms with Crippen LogP contribution in [0, 0.1) is 0 Å². The van der Waals surface area contributed by atoms with Crippen LogP contribution >= 0.6 is 0 Å². The minimum Gasteiger partial charge on any atom is -0.315 e. The molecule has 18 heavy (non-hydrogen) atoms. The molecule has 2 nitrogen and oxygen atoms in total. The highest BCUT2D eigenvalue weighted by atomic mass is 19.4. The molecule has 1 aliphatic carbocycles. The molecule has 0 aromatic carbocycles. The van der Waals surface area contributed by atoms with Crippen LogP contribution in [0.5, 0.6) is 0 Å². The first-order valence-electron chi connectivity index (χ1n) is 7.04. The predicted molar refractivity (Wildman–Crippen MR) is 67.7 cm³/mol. The molecule has 1 N–H and O–H groups in total. The molecule has 0 aromatic rings. The summed E-state index contributed by atoms with van der Waals surface area (Å²) in [7, 11) is 0. The van der Waals surface area contributed by atoms with E-state index in [9.17, 15) is 13.2 Å². The van der Waals surface area contributed by atoms with Gasteiger partial charge in [0.25, 0.3) is 0 Å². The molecule has 0 amide bonds. The van der Waals surface area contributed by atoms with Gasteiger partial charge in [-0.3, -0.25) is 4.90 Å². The van der Waals surface area contributed by atoms with Crippen molar-refractivity contribution in [2.45, 2.75) is 57.7 Å². The first-order chi connectivity index (χ1) is 8.53. The quantitative estimate of drug-likeness (QED) is 0.611. The van der Waals surface area contributed by atoms with Gasteiger partial charge in [-0.15, -0.1) is 0 Å². The van der Waals surface area contributed by atoms with Crippen molar-refractivity contribution in [1.29, 1.82) is 0 Å². The van der Waals surface area contributed by atoms with E-state index in [4.69, 9.17) is 0 Å². The van der Waals surface area contributed by atoms with Crippen LogP contribution in [0.3, 0.4) is 0 Å². The fourth-order valence-corrected chi connectivity index (χ4v) is 2.09. The Labute approximate surface area is 108 Å². The minimum atomic E-state index is -4.07. The fraction of sp³-hybridized carbons (Fsp3) is 1.00. The SMILES string of the molecule is CCCCCCNCCN(CC(F)(F)F)C1CC1. The molecule has 0 saturated heterocycles. The zero-order chi connectivity index (χ0) is 13.4. The van der Waals surface area contributed by atoms with Crippen molar-refractivity contribution in [2.24, 2.45) is 0 Å². The van der Waals surface area contributed by atoms with E-state index in [0.29, 0.717) is 13.1 Å². The van der Waals surface area contributed by atoms with E-state index in [1.54, 1.807) is 4.90 Å². The molecule has 0 atom stereocenters. The van der Waals surface area contributed by atoms with Gasteiger partial charge in [-0.1, -0.05) is 26.2 Å². The van der Waals surface area contributed by atoms with E-state index in [-0.39, 0.29) is 6.04 Å². The number of alkyl halides is 3. The lowest BCUT2D eigenvalue weighted by Gasteiger charge is -2.23. The van der Waals surface area contributed by atoms with Crippen molar-refractivity contribution in [3.05, 3.63) is 0 Å². The second-order valence-electron chi connectivity index (χ2n) is 5.13. The number of nitrogens with one attached hydrogen (secondary N) is 1. The molecule has 0 spiro atoms. The summed E-state index contributed by atoms with van der Waals surface area (Å²) < 4.78 is 37.0. The van der Waals surface area contributed by atoms with E-state index in [0.717, 1.165) is 25.8 Å². The van der Waals surface area contributed by atoms with Crippen molar-refractivity contribution in [1.82, 2.24) is 10.2 Å². The monoisotopic (exact) mass is 266 g/mol. The van der Waals surface area contributed by atoms with Crippen LogP contribution in [-0.2, 0) is 0 Å².